The largest absolute Gasteiger partial charge is 0.370 e. The Balaban J connectivity index is 1.36. The summed E-state index contributed by atoms with van der Waals surface area (Å²) >= 11 is 0. The van der Waals surface area contributed by atoms with E-state index in [9.17, 15) is 0 Å². The summed E-state index contributed by atoms with van der Waals surface area (Å²) in [5.41, 5.74) is 10.8. The first kappa shape index (κ1) is 16.4. The van der Waals surface area contributed by atoms with Crippen LogP contribution in [0.25, 0.3) is 0 Å². The standard InChI is InChI=1S/C19H26N6/c1-12-15-4-2-3-5-16(15)25-18(24-12)6-7-21-19-10-17(22-11-23-19)13-8-14(20)9-13/h10-11,13-14H,2-9,20H2,1H3,(H,21,22,23). The van der Waals surface area contributed by atoms with Crippen molar-refractivity contribution in [2.24, 2.45) is 5.73 Å². The van der Waals surface area contributed by atoms with Crippen LogP contribution in [0.3, 0.4) is 0 Å². The maximum Gasteiger partial charge on any atom is 0.130 e. The lowest BCUT2D eigenvalue weighted by molar-refractivity contribution is 0.345. The molecule has 0 amide bonds. The van der Waals surface area contributed by atoms with E-state index in [0.717, 1.165) is 61.7 Å². The van der Waals surface area contributed by atoms with Crippen molar-refractivity contribution in [3.8, 4) is 0 Å². The van der Waals surface area contributed by atoms with Crippen LogP contribution in [-0.2, 0) is 19.3 Å². The molecule has 0 atom stereocenters. The molecule has 132 valence electrons. The van der Waals surface area contributed by atoms with Gasteiger partial charge in [0.15, 0.2) is 0 Å². The maximum absolute atomic E-state index is 5.88. The summed E-state index contributed by atoms with van der Waals surface area (Å²) in [7, 11) is 0. The second kappa shape index (κ2) is 7.04. The van der Waals surface area contributed by atoms with E-state index in [1.165, 1.54) is 24.1 Å². The van der Waals surface area contributed by atoms with Crippen molar-refractivity contribution in [2.45, 2.75) is 63.8 Å². The molecule has 2 aliphatic rings. The Hall–Kier alpha value is -2.08. The lowest BCUT2D eigenvalue weighted by Gasteiger charge is -2.31. The van der Waals surface area contributed by atoms with E-state index in [4.69, 9.17) is 15.7 Å². The Morgan fingerprint density at radius 1 is 1.16 bits per heavy atom. The van der Waals surface area contributed by atoms with Crippen LogP contribution in [0.2, 0.25) is 0 Å². The van der Waals surface area contributed by atoms with Crippen LogP contribution >= 0.6 is 0 Å². The minimum absolute atomic E-state index is 0.334. The highest BCUT2D eigenvalue weighted by Gasteiger charge is 2.28. The van der Waals surface area contributed by atoms with Crippen LogP contribution in [0.15, 0.2) is 12.4 Å². The molecule has 25 heavy (non-hydrogen) atoms. The molecular formula is C19H26N6. The number of rotatable bonds is 5. The van der Waals surface area contributed by atoms with Gasteiger partial charge in [-0.25, -0.2) is 19.9 Å². The van der Waals surface area contributed by atoms with E-state index in [0.29, 0.717) is 12.0 Å². The van der Waals surface area contributed by atoms with Gasteiger partial charge in [-0.15, -0.1) is 0 Å². The van der Waals surface area contributed by atoms with E-state index < -0.39 is 0 Å². The van der Waals surface area contributed by atoms with Gasteiger partial charge in [-0.2, -0.15) is 0 Å². The molecule has 0 saturated heterocycles. The van der Waals surface area contributed by atoms with Crippen molar-refractivity contribution in [1.82, 2.24) is 19.9 Å². The quantitative estimate of drug-likeness (QED) is 0.869. The molecule has 2 aliphatic carbocycles. The van der Waals surface area contributed by atoms with Gasteiger partial charge in [-0.1, -0.05) is 0 Å². The second-order valence-corrected chi connectivity index (χ2v) is 7.29. The summed E-state index contributed by atoms with van der Waals surface area (Å²) in [6.07, 6.45) is 9.24. The number of nitrogens with two attached hydrogens (primary N) is 1. The van der Waals surface area contributed by atoms with Gasteiger partial charge in [0, 0.05) is 48.1 Å². The van der Waals surface area contributed by atoms with Crippen LogP contribution in [0.1, 0.15) is 60.1 Å². The molecule has 3 N–H and O–H groups in total. The second-order valence-electron chi connectivity index (χ2n) is 7.29. The first-order chi connectivity index (χ1) is 12.2. The lowest BCUT2D eigenvalue weighted by atomic mass is 9.79. The van der Waals surface area contributed by atoms with Gasteiger partial charge in [-0.05, 0) is 51.0 Å². The van der Waals surface area contributed by atoms with E-state index in [-0.39, 0.29) is 0 Å². The summed E-state index contributed by atoms with van der Waals surface area (Å²) < 4.78 is 0. The fourth-order valence-electron chi connectivity index (χ4n) is 3.85. The van der Waals surface area contributed by atoms with Crippen LogP contribution in [0.5, 0.6) is 0 Å². The monoisotopic (exact) mass is 338 g/mol. The molecule has 2 aromatic rings. The highest BCUT2D eigenvalue weighted by atomic mass is 15.0. The number of fused-ring (bicyclic) bond motifs is 1. The third kappa shape index (κ3) is 3.63. The average Bonchev–Trinajstić information content (AvgIpc) is 2.59. The first-order valence-electron chi connectivity index (χ1n) is 9.35. The number of hydrogen-bond donors (Lipinski definition) is 2. The average molecular weight is 338 g/mol. The fourth-order valence-corrected chi connectivity index (χ4v) is 3.85. The van der Waals surface area contributed by atoms with Crippen molar-refractivity contribution >= 4 is 5.82 Å². The van der Waals surface area contributed by atoms with Gasteiger partial charge in [-0.3, -0.25) is 0 Å². The van der Waals surface area contributed by atoms with Gasteiger partial charge in [0.25, 0.3) is 0 Å². The lowest BCUT2D eigenvalue weighted by Crippen LogP contribution is -2.35. The molecular weight excluding hydrogens is 312 g/mol. The Labute approximate surface area is 148 Å². The molecule has 1 fully saturated rings. The van der Waals surface area contributed by atoms with Gasteiger partial charge in [0.1, 0.15) is 18.0 Å². The predicted molar refractivity (Wildman–Crippen MR) is 97.6 cm³/mol. The van der Waals surface area contributed by atoms with Gasteiger partial charge in [0.2, 0.25) is 0 Å². The summed E-state index contributed by atoms with van der Waals surface area (Å²) in [6.45, 7) is 2.89. The zero-order valence-corrected chi connectivity index (χ0v) is 14.8. The summed E-state index contributed by atoms with van der Waals surface area (Å²) in [5.74, 6) is 2.30. The van der Waals surface area contributed by atoms with Crippen molar-refractivity contribution in [2.75, 3.05) is 11.9 Å². The SMILES string of the molecule is Cc1nc(CCNc2cc(C3CC(N)C3)ncn2)nc2c1CCCC2. The molecule has 2 aromatic heterocycles. The summed E-state index contributed by atoms with van der Waals surface area (Å²) in [6, 6.07) is 2.39. The molecule has 6 nitrogen and oxygen atoms in total. The van der Waals surface area contributed by atoms with Crippen molar-refractivity contribution in [3.05, 3.63) is 40.9 Å². The number of nitrogens with zero attached hydrogens (tertiary/aromatic N) is 4. The number of aromatic nitrogens is 4. The zero-order chi connectivity index (χ0) is 17.2. The summed E-state index contributed by atoms with van der Waals surface area (Å²) in [4.78, 5) is 18.2. The first-order valence-corrected chi connectivity index (χ1v) is 9.35. The topological polar surface area (TPSA) is 89.6 Å². The minimum atomic E-state index is 0.334. The molecule has 0 aliphatic heterocycles. The molecule has 0 aromatic carbocycles. The van der Waals surface area contributed by atoms with E-state index in [2.05, 4.69) is 28.3 Å². The van der Waals surface area contributed by atoms with Crippen LogP contribution < -0.4 is 11.1 Å². The third-order valence-corrected chi connectivity index (χ3v) is 5.37. The molecule has 0 bridgehead atoms. The third-order valence-electron chi connectivity index (χ3n) is 5.37. The Kier molecular flexibility index (Phi) is 4.61. The molecule has 0 spiro atoms. The summed E-state index contributed by atoms with van der Waals surface area (Å²) in [5, 5.41) is 3.38. The number of aryl methyl sites for hydroxylation is 2. The van der Waals surface area contributed by atoms with Gasteiger partial charge in [0.05, 0.1) is 0 Å². The van der Waals surface area contributed by atoms with Crippen molar-refractivity contribution in [3.63, 3.8) is 0 Å². The normalized spacial score (nSPS) is 22.2. The van der Waals surface area contributed by atoms with Gasteiger partial charge < -0.3 is 11.1 Å². The molecule has 0 radical (unpaired) electrons. The number of hydrogen-bond acceptors (Lipinski definition) is 6. The molecule has 4 rings (SSSR count). The van der Waals surface area contributed by atoms with Gasteiger partial charge >= 0.3 is 0 Å². The highest BCUT2D eigenvalue weighted by molar-refractivity contribution is 5.36. The van der Waals surface area contributed by atoms with Crippen molar-refractivity contribution < 1.29 is 0 Å². The fraction of sp³-hybridized carbons (Fsp3) is 0.579. The van der Waals surface area contributed by atoms with Crippen LogP contribution in [0.4, 0.5) is 5.82 Å². The Morgan fingerprint density at radius 2 is 2.00 bits per heavy atom. The maximum atomic E-state index is 5.88. The van der Waals surface area contributed by atoms with E-state index in [1.807, 2.05) is 0 Å². The smallest absolute Gasteiger partial charge is 0.130 e. The van der Waals surface area contributed by atoms with Crippen molar-refractivity contribution in [1.29, 1.82) is 0 Å². The highest BCUT2D eigenvalue weighted by Crippen LogP contribution is 2.34. The molecule has 2 heterocycles. The van der Waals surface area contributed by atoms with E-state index >= 15 is 0 Å². The molecule has 6 heteroatoms. The number of nitrogens with one attached hydrogen (secondary N) is 1. The Morgan fingerprint density at radius 3 is 2.84 bits per heavy atom. The zero-order valence-electron chi connectivity index (χ0n) is 14.8. The minimum Gasteiger partial charge on any atom is -0.370 e. The van der Waals surface area contributed by atoms with Crippen LogP contribution in [0, 0.1) is 6.92 Å². The predicted octanol–water partition coefficient (Wildman–Crippen LogP) is 2.31. The Bertz CT molecular complexity index is 754. The molecule has 0 unspecified atom stereocenters. The van der Waals surface area contributed by atoms with E-state index in [1.54, 1.807) is 6.33 Å². The van der Waals surface area contributed by atoms with Crippen LogP contribution in [-0.4, -0.2) is 32.5 Å². The molecule has 1 saturated carbocycles. The number of anilines is 1.